The van der Waals surface area contributed by atoms with Crippen LogP contribution in [0.3, 0.4) is 0 Å². The molecule has 2 aliphatic heterocycles. The number of anilines is 1. The fourth-order valence-electron chi connectivity index (χ4n) is 3.25. The van der Waals surface area contributed by atoms with Crippen molar-refractivity contribution in [1.29, 1.82) is 0 Å². The predicted molar refractivity (Wildman–Crippen MR) is 78.8 cm³/mol. The first-order valence-electron chi connectivity index (χ1n) is 7.75. The average molecular weight is 288 g/mol. The van der Waals surface area contributed by atoms with E-state index >= 15 is 0 Å². The number of carbonyl (C=O) groups excluding carboxylic acids is 1. The molecule has 3 aliphatic rings. The Morgan fingerprint density at radius 3 is 3.00 bits per heavy atom. The molecule has 5 nitrogen and oxygen atoms in total. The van der Waals surface area contributed by atoms with Crippen molar-refractivity contribution in [3.8, 4) is 5.75 Å². The average Bonchev–Trinajstić information content (AvgIpc) is 3.26. The van der Waals surface area contributed by atoms with Gasteiger partial charge in [0.2, 0.25) is 0 Å². The minimum absolute atomic E-state index is 0.0586. The normalized spacial score (nSPS) is 27.4. The Balaban J connectivity index is 1.52. The first-order valence-corrected chi connectivity index (χ1v) is 7.75. The van der Waals surface area contributed by atoms with E-state index in [4.69, 9.17) is 9.47 Å². The van der Waals surface area contributed by atoms with Gasteiger partial charge in [0, 0.05) is 13.2 Å². The highest BCUT2D eigenvalue weighted by Gasteiger charge is 2.41. The second-order valence-electron chi connectivity index (χ2n) is 6.00. The molecule has 1 aromatic rings. The number of amides is 1. The minimum atomic E-state index is -0.0586. The summed E-state index contributed by atoms with van der Waals surface area (Å²) in [5.74, 6) is 1.25. The van der Waals surface area contributed by atoms with Gasteiger partial charge in [-0.3, -0.25) is 4.79 Å². The zero-order chi connectivity index (χ0) is 14.2. The number of benzene rings is 1. The van der Waals surface area contributed by atoms with Gasteiger partial charge in [0.05, 0.1) is 23.4 Å². The van der Waals surface area contributed by atoms with Crippen LogP contribution in [0.5, 0.6) is 5.75 Å². The number of rotatable bonds is 3. The summed E-state index contributed by atoms with van der Waals surface area (Å²) in [6.45, 7) is 2.11. The van der Waals surface area contributed by atoms with Crippen LogP contribution in [0.4, 0.5) is 5.69 Å². The SMILES string of the molecule is O=C(NC1CCOC1C1CC1)c1cccc2c1OCCN2. The van der Waals surface area contributed by atoms with Crippen molar-refractivity contribution in [2.75, 3.05) is 25.1 Å². The van der Waals surface area contributed by atoms with Gasteiger partial charge in [0.15, 0.2) is 5.75 Å². The zero-order valence-electron chi connectivity index (χ0n) is 11.9. The number of fused-ring (bicyclic) bond motifs is 1. The lowest BCUT2D eigenvalue weighted by Gasteiger charge is -2.23. The van der Waals surface area contributed by atoms with Gasteiger partial charge in [0.25, 0.3) is 5.91 Å². The van der Waals surface area contributed by atoms with E-state index < -0.39 is 0 Å². The Morgan fingerprint density at radius 1 is 1.24 bits per heavy atom. The molecule has 1 saturated heterocycles. The fourth-order valence-corrected chi connectivity index (χ4v) is 3.25. The lowest BCUT2D eigenvalue weighted by Crippen LogP contribution is -2.41. The van der Waals surface area contributed by atoms with Crippen LogP contribution in [0.1, 0.15) is 29.6 Å². The maximum absolute atomic E-state index is 12.6. The molecule has 1 aromatic carbocycles. The molecule has 2 N–H and O–H groups in total. The molecule has 0 bridgehead atoms. The zero-order valence-corrected chi connectivity index (χ0v) is 11.9. The number of nitrogens with one attached hydrogen (secondary N) is 2. The van der Waals surface area contributed by atoms with Crippen molar-refractivity contribution in [2.24, 2.45) is 5.92 Å². The Morgan fingerprint density at radius 2 is 2.14 bits per heavy atom. The summed E-state index contributed by atoms with van der Waals surface area (Å²) in [6, 6.07) is 5.79. The quantitative estimate of drug-likeness (QED) is 0.890. The lowest BCUT2D eigenvalue weighted by atomic mass is 10.0. The predicted octanol–water partition coefficient (Wildman–Crippen LogP) is 1.79. The third kappa shape index (κ3) is 2.46. The van der Waals surface area contributed by atoms with Crippen molar-refractivity contribution in [3.63, 3.8) is 0 Å². The molecule has 2 heterocycles. The Kier molecular flexibility index (Phi) is 3.22. The van der Waals surface area contributed by atoms with E-state index in [1.54, 1.807) is 0 Å². The number of hydrogen-bond donors (Lipinski definition) is 2. The van der Waals surface area contributed by atoms with E-state index in [9.17, 15) is 4.79 Å². The number of hydrogen-bond acceptors (Lipinski definition) is 4. The summed E-state index contributed by atoms with van der Waals surface area (Å²) >= 11 is 0. The fraction of sp³-hybridized carbons (Fsp3) is 0.562. The number of para-hydroxylation sites is 1. The molecule has 0 aromatic heterocycles. The molecule has 2 atom stereocenters. The third-order valence-electron chi connectivity index (χ3n) is 4.46. The molecule has 2 unspecified atom stereocenters. The summed E-state index contributed by atoms with van der Waals surface area (Å²) in [4.78, 5) is 12.6. The van der Waals surface area contributed by atoms with Crippen LogP contribution in [-0.2, 0) is 4.74 Å². The van der Waals surface area contributed by atoms with E-state index in [1.807, 2.05) is 18.2 Å². The molecule has 4 rings (SSSR count). The number of ether oxygens (including phenoxy) is 2. The number of carbonyl (C=O) groups is 1. The molecule has 2 fully saturated rings. The van der Waals surface area contributed by atoms with Gasteiger partial charge >= 0.3 is 0 Å². The molecule has 1 aliphatic carbocycles. The van der Waals surface area contributed by atoms with E-state index in [0.29, 0.717) is 23.8 Å². The van der Waals surface area contributed by atoms with Crippen molar-refractivity contribution in [2.45, 2.75) is 31.4 Å². The first-order chi connectivity index (χ1) is 10.3. The largest absolute Gasteiger partial charge is 0.489 e. The molecule has 112 valence electrons. The van der Waals surface area contributed by atoms with Crippen LogP contribution < -0.4 is 15.4 Å². The van der Waals surface area contributed by atoms with Gasteiger partial charge in [-0.1, -0.05) is 6.07 Å². The maximum atomic E-state index is 12.6. The van der Waals surface area contributed by atoms with E-state index in [0.717, 1.165) is 25.3 Å². The molecule has 0 radical (unpaired) electrons. The molecule has 0 spiro atoms. The minimum Gasteiger partial charge on any atom is -0.489 e. The van der Waals surface area contributed by atoms with Crippen LogP contribution in [-0.4, -0.2) is 37.8 Å². The maximum Gasteiger partial charge on any atom is 0.255 e. The highest BCUT2D eigenvalue weighted by atomic mass is 16.5. The van der Waals surface area contributed by atoms with Gasteiger partial charge in [-0.25, -0.2) is 0 Å². The van der Waals surface area contributed by atoms with Crippen molar-refractivity contribution in [3.05, 3.63) is 23.8 Å². The molecule has 1 amide bonds. The highest BCUT2D eigenvalue weighted by Crippen LogP contribution is 2.39. The second kappa shape index (κ2) is 5.22. The van der Waals surface area contributed by atoms with Gasteiger partial charge in [-0.2, -0.15) is 0 Å². The summed E-state index contributed by atoms with van der Waals surface area (Å²) in [5.41, 5.74) is 1.51. The van der Waals surface area contributed by atoms with Crippen molar-refractivity contribution < 1.29 is 14.3 Å². The molecule has 1 saturated carbocycles. The van der Waals surface area contributed by atoms with Crippen LogP contribution in [0.2, 0.25) is 0 Å². The topological polar surface area (TPSA) is 59.6 Å². The third-order valence-corrected chi connectivity index (χ3v) is 4.46. The monoisotopic (exact) mass is 288 g/mol. The summed E-state index contributed by atoms with van der Waals surface area (Å²) in [7, 11) is 0. The standard InChI is InChI=1S/C16H20N2O3/c19-16(18-13-6-8-20-14(13)10-4-5-10)11-2-1-3-12-15(11)21-9-7-17-12/h1-3,10,13-14,17H,4-9H2,(H,18,19). The van der Waals surface area contributed by atoms with Crippen molar-refractivity contribution >= 4 is 11.6 Å². The Hall–Kier alpha value is -1.75. The highest BCUT2D eigenvalue weighted by molar-refractivity contribution is 5.99. The van der Waals surface area contributed by atoms with Gasteiger partial charge in [-0.15, -0.1) is 0 Å². The molecular weight excluding hydrogens is 268 g/mol. The second-order valence-corrected chi connectivity index (χ2v) is 6.00. The Labute approximate surface area is 124 Å². The van der Waals surface area contributed by atoms with Gasteiger partial charge in [0.1, 0.15) is 6.61 Å². The summed E-state index contributed by atoms with van der Waals surface area (Å²) in [5, 5.41) is 6.40. The smallest absolute Gasteiger partial charge is 0.255 e. The van der Waals surface area contributed by atoms with Gasteiger partial charge < -0.3 is 20.1 Å². The molecule has 5 heteroatoms. The van der Waals surface area contributed by atoms with Crippen LogP contribution in [0, 0.1) is 5.92 Å². The lowest BCUT2D eigenvalue weighted by molar-refractivity contribution is 0.0728. The van der Waals surface area contributed by atoms with E-state index in [2.05, 4.69) is 10.6 Å². The van der Waals surface area contributed by atoms with Crippen LogP contribution >= 0.6 is 0 Å². The molecule has 21 heavy (non-hydrogen) atoms. The molecular formula is C16H20N2O3. The van der Waals surface area contributed by atoms with Crippen molar-refractivity contribution in [1.82, 2.24) is 5.32 Å². The van der Waals surface area contributed by atoms with Gasteiger partial charge in [-0.05, 0) is 37.3 Å². The van der Waals surface area contributed by atoms with Crippen LogP contribution in [0.25, 0.3) is 0 Å². The first kappa shape index (κ1) is 13.0. The summed E-state index contributed by atoms with van der Waals surface area (Å²) in [6.07, 6.45) is 3.56. The summed E-state index contributed by atoms with van der Waals surface area (Å²) < 4.78 is 11.5. The van der Waals surface area contributed by atoms with Crippen LogP contribution in [0.15, 0.2) is 18.2 Å². The van der Waals surface area contributed by atoms with E-state index in [-0.39, 0.29) is 18.1 Å². The van der Waals surface area contributed by atoms with E-state index in [1.165, 1.54) is 12.8 Å². The Bertz CT molecular complexity index is 556.